The molecule has 0 radical (unpaired) electrons. The maximum absolute atomic E-state index is 13.0. The summed E-state index contributed by atoms with van der Waals surface area (Å²) in [6.45, 7) is 11.2. The van der Waals surface area contributed by atoms with E-state index >= 15 is 0 Å². The summed E-state index contributed by atoms with van der Waals surface area (Å²) in [5.74, 6) is -1.02. The summed E-state index contributed by atoms with van der Waals surface area (Å²) in [6, 6.07) is 10.2. The SMILES string of the molecule is CCCN1c2cc(C)c(/C=C3/NC(=O)N(CC(=O)Nc4ccc(Cl)cc4)C3=O)cc2C(C)=CC1(C)C. The molecule has 0 atom stereocenters. The molecule has 2 aliphatic rings. The van der Waals surface area contributed by atoms with Crippen molar-refractivity contribution >= 4 is 52.5 Å². The molecule has 4 amide bonds. The summed E-state index contributed by atoms with van der Waals surface area (Å²) in [7, 11) is 0. The van der Waals surface area contributed by atoms with Gasteiger partial charge in [0.1, 0.15) is 12.2 Å². The van der Waals surface area contributed by atoms with E-state index in [-0.39, 0.29) is 11.2 Å². The zero-order valence-electron chi connectivity index (χ0n) is 21.2. The van der Waals surface area contributed by atoms with Crippen molar-refractivity contribution in [1.82, 2.24) is 10.2 Å². The number of carbonyl (C=O) groups is 3. The number of fused-ring (bicyclic) bond motifs is 1. The molecule has 8 heteroatoms. The van der Waals surface area contributed by atoms with Crippen LogP contribution in [0.3, 0.4) is 0 Å². The third-order valence-electron chi connectivity index (χ3n) is 6.50. The number of urea groups is 1. The van der Waals surface area contributed by atoms with Crippen molar-refractivity contribution in [3.8, 4) is 0 Å². The van der Waals surface area contributed by atoms with E-state index in [1.165, 1.54) is 11.3 Å². The van der Waals surface area contributed by atoms with Crippen molar-refractivity contribution in [2.45, 2.75) is 46.6 Å². The molecule has 2 aromatic rings. The first-order chi connectivity index (χ1) is 17.0. The quantitative estimate of drug-likeness (QED) is 0.395. The van der Waals surface area contributed by atoms with E-state index in [9.17, 15) is 14.4 Å². The van der Waals surface area contributed by atoms with E-state index in [0.717, 1.165) is 34.6 Å². The number of benzene rings is 2. The van der Waals surface area contributed by atoms with E-state index in [4.69, 9.17) is 11.6 Å². The van der Waals surface area contributed by atoms with Crippen molar-refractivity contribution < 1.29 is 14.4 Å². The highest BCUT2D eigenvalue weighted by molar-refractivity contribution is 6.30. The Morgan fingerprint density at radius 3 is 2.50 bits per heavy atom. The first-order valence-electron chi connectivity index (χ1n) is 12.0. The molecule has 0 unspecified atom stereocenters. The first kappa shape index (κ1) is 25.5. The summed E-state index contributed by atoms with van der Waals surface area (Å²) in [4.78, 5) is 41.3. The zero-order chi connectivity index (χ0) is 26.2. The molecule has 4 rings (SSSR count). The van der Waals surface area contributed by atoms with Crippen LogP contribution >= 0.6 is 11.6 Å². The maximum Gasteiger partial charge on any atom is 0.329 e. The largest absolute Gasteiger partial charge is 0.362 e. The van der Waals surface area contributed by atoms with Gasteiger partial charge in [0.25, 0.3) is 5.91 Å². The number of rotatable bonds is 6. The van der Waals surface area contributed by atoms with Gasteiger partial charge in [-0.3, -0.25) is 9.59 Å². The predicted octanol–water partition coefficient (Wildman–Crippen LogP) is 5.59. The summed E-state index contributed by atoms with van der Waals surface area (Å²) in [6.07, 6.45) is 4.98. The molecular weight excluding hydrogens is 476 g/mol. The van der Waals surface area contributed by atoms with Crippen LogP contribution in [0.4, 0.5) is 16.2 Å². The van der Waals surface area contributed by atoms with Gasteiger partial charge in [0.05, 0.1) is 5.54 Å². The molecule has 36 heavy (non-hydrogen) atoms. The number of anilines is 2. The molecule has 1 fully saturated rings. The fraction of sp³-hybridized carbons (Fsp3) is 0.321. The van der Waals surface area contributed by atoms with Crippen LogP contribution < -0.4 is 15.5 Å². The lowest BCUT2D eigenvalue weighted by Crippen LogP contribution is -2.45. The van der Waals surface area contributed by atoms with Crippen molar-refractivity contribution in [2.24, 2.45) is 0 Å². The number of hydrogen-bond acceptors (Lipinski definition) is 4. The number of allylic oxidation sites excluding steroid dienone is 1. The normalized spacial score (nSPS) is 17.7. The maximum atomic E-state index is 13.0. The van der Waals surface area contributed by atoms with Gasteiger partial charge in [-0.1, -0.05) is 24.6 Å². The fourth-order valence-electron chi connectivity index (χ4n) is 4.78. The summed E-state index contributed by atoms with van der Waals surface area (Å²) in [5, 5.41) is 5.83. The monoisotopic (exact) mass is 506 g/mol. The second-order valence-corrected chi connectivity index (χ2v) is 10.2. The molecule has 2 aliphatic heterocycles. The number of hydrogen-bond donors (Lipinski definition) is 2. The van der Waals surface area contributed by atoms with Crippen LogP contribution in [0, 0.1) is 6.92 Å². The van der Waals surface area contributed by atoms with Crippen LogP contribution in [-0.4, -0.2) is 41.4 Å². The highest BCUT2D eigenvalue weighted by atomic mass is 35.5. The van der Waals surface area contributed by atoms with Crippen LogP contribution in [0.1, 0.15) is 50.8 Å². The zero-order valence-corrected chi connectivity index (χ0v) is 22.0. The fourth-order valence-corrected chi connectivity index (χ4v) is 4.91. The minimum atomic E-state index is -0.625. The second-order valence-electron chi connectivity index (χ2n) is 9.79. The molecule has 0 aliphatic carbocycles. The Bertz CT molecular complexity index is 1290. The number of halogens is 1. The van der Waals surface area contributed by atoms with Crippen LogP contribution in [0.25, 0.3) is 11.6 Å². The van der Waals surface area contributed by atoms with Gasteiger partial charge in [0, 0.05) is 28.5 Å². The van der Waals surface area contributed by atoms with Crippen LogP contribution in [0.5, 0.6) is 0 Å². The van der Waals surface area contributed by atoms with Gasteiger partial charge in [0.2, 0.25) is 5.91 Å². The van der Waals surface area contributed by atoms with Crippen molar-refractivity contribution in [2.75, 3.05) is 23.3 Å². The molecule has 1 saturated heterocycles. The topological polar surface area (TPSA) is 81.8 Å². The van der Waals surface area contributed by atoms with Crippen molar-refractivity contribution in [1.29, 1.82) is 0 Å². The predicted molar refractivity (Wildman–Crippen MR) is 145 cm³/mol. The van der Waals surface area contributed by atoms with E-state index < -0.39 is 24.4 Å². The standard InChI is InChI=1S/C28H31ClN4O3/c1-6-11-33-24-12-17(2)19(13-22(24)18(3)15-28(33,4)5)14-23-26(35)32(27(36)31-23)16-25(34)30-21-9-7-20(29)8-10-21/h7-10,12-15H,6,11,16H2,1-5H3,(H,30,34)(H,31,36)/b23-14+. The first-order valence-corrected chi connectivity index (χ1v) is 12.4. The Morgan fingerprint density at radius 2 is 1.83 bits per heavy atom. The Morgan fingerprint density at radius 1 is 1.14 bits per heavy atom. The Hall–Kier alpha value is -3.58. The molecule has 0 aromatic heterocycles. The molecule has 2 heterocycles. The minimum Gasteiger partial charge on any atom is -0.362 e. The van der Waals surface area contributed by atoms with Gasteiger partial charge in [-0.15, -0.1) is 0 Å². The summed E-state index contributed by atoms with van der Waals surface area (Å²) >= 11 is 5.87. The third-order valence-corrected chi connectivity index (χ3v) is 6.76. The Labute approximate surface area is 216 Å². The molecule has 188 valence electrons. The number of amides is 4. The summed E-state index contributed by atoms with van der Waals surface area (Å²) in [5.41, 5.74) is 5.86. The highest BCUT2D eigenvalue weighted by Gasteiger charge is 2.35. The minimum absolute atomic E-state index is 0.0952. The Kier molecular flexibility index (Phi) is 6.96. The molecule has 2 aromatic carbocycles. The van der Waals surface area contributed by atoms with Gasteiger partial charge in [-0.25, -0.2) is 9.69 Å². The number of nitrogens with one attached hydrogen (secondary N) is 2. The second kappa shape index (κ2) is 9.82. The van der Waals surface area contributed by atoms with Crippen LogP contribution in [0.2, 0.25) is 5.02 Å². The lowest BCUT2D eigenvalue weighted by atomic mass is 9.86. The van der Waals surface area contributed by atoms with E-state index in [1.807, 2.05) is 6.92 Å². The van der Waals surface area contributed by atoms with Crippen LogP contribution in [-0.2, 0) is 9.59 Å². The third kappa shape index (κ3) is 5.02. The molecule has 0 bridgehead atoms. The lowest BCUT2D eigenvalue weighted by Gasteiger charge is -2.43. The van der Waals surface area contributed by atoms with Gasteiger partial charge in [-0.05, 0) is 93.3 Å². The van der Waals surface area contributed by atoms with Crippen LogP contribution in [0.15, 0.2) is 48.2 Å². The van der Waals surface area contributed by atoms with Crippen molar-refractivity contribution in [3.63, 3.8) is 0 Å². The molecule has 2 N–H and O–H groups in total. The van der Waals surface area contributed by atoms with Gasteiger partial charge in [0.15, 0.2) is 0 Å². The number of carbonyl (C=O) groups excluding carboxylic acids is 3. The van der Waals surface area contributed by atoms with Gasteiger partial charge < -0.3 is 15.5 Å². The molecule has 7 nitrogen and oxygen atoms in total. The Balaban J connectivity index is 1.57. The highest BCUT2D eigenvalue weighted by Crippen LogP contribution is 2.40. The van der Waals surface area contributed by atoms with E-state index in [0.29, 0.717) is 10.7 Å². The average Bonchev–Trinajstić information content (AvgIpc) is 3.06. The van der Waals surface area contributed by atoms with Gasteiger partial charge in [-0.2, -0.15) is 0 Å². The molecular formula is C28H31ClN4O3. The summed E-state index contributed by atoms with van der Waals surface area (Å²) < 4.78 is 0. The van der Waals surface area contributed by atoms with E-state index in [2.05, 4.69) is 61.4 Å². The molecule has 0 saturated carbocycles. The number of imide groups is 1. The molecule has 0 spiro atoms. The average molecular weight is 507 g/mol. The number of nitrogens with zero attached hydrogens (tertiary/aromatic N) is 2. The van der Waals surface area contributed by atoms with Gasteiger partial charge >= 0.3 is 6.03 Å². The lowest BCUT2D eigenvalue weighted by molar-refractivity contribution is -0.127. The van der Waals surface area contributed by atoms with E-state index in [1.54, 1.807) is 30.3 Å². The number of aryl methyl sites for hydroxylation is 1. The van der Waals surface area contributed by atoms with Crippen molar-refractivity contribution in [3.05, 3.63) is 69.9 Å². The smallest absolute Gasteiger partial charge is 0.329 e.